The molecule has 8 nitrogen and oxygen atoms in total. The van der Waals surface area contributed by atoms with E-state index in [1.807, 2.05) is 47.4 Å². The average molecular weight is 404 g/mol. The summed E-state index contributed by atoms with van der Waals surface area (Å²) in [6.07, 6.45) is 1.87. The lowest BCUT2D eigenvalue weighted by Crippen LogP contribution is -2.47. The van der Waals surface area contributed by atoms with Gasteiger partial charge in [-0.2, -0.15) is 4.98 Å². The quantitative estimate of drug-likeness (QED) is 0.720. The number of hydrogen-bond donors (Lipinski definition) is 1. The first-order chi connectivity index (χ1) is 14.6. The minimum Gasteiger partial charge on any atom is -0.336 e. The summed E-state index contributed by atoms with van der Waals surface area (Å²) in [4.78, 5) is 33.3. The molecule has 0 radical (unpaired) electrons. The second-order valence-electron chi connectivity index (χ2n) is 8.05. The molecule has 0 unspecified atom stereocenters. The van der Waals surface area contributed by atoms with Gasteiger partial charge in [-0.25, -0.2) is 4.52 Å². The number of pyridine rings is 1. The van der Waals surface area contributed by atoms with Crippen LogP contribution in [-0.2, 0) is 4.79 Å². The molecule has 30 heavy (non-hydrogen) atoms. The molecule has 2 amide bonds. The molecule has 1 saturated carbocycles. The van der Waals surface area contributed by atoms with Gasteiger partial charge in [-0.15, -0.1) is 5.10 Å². The number of aromatic nitrogens is 3. The molecule has 5 rings (SSSR count). The number of nitrogens with one attached hydrogen (secondary N) is 1. The summed E-state index contributed by atoms with van der Waals surface area (Å²) < 4.78 is 1.72. The van der Waals surface area contributed by atoms with Crippen LogP contribution in [0.2, 0.25) is 0 Å². The van der Waals surface area contributed by atoms with Gasteiger partial charge in [-0.3, -0.25) is 14.9 Å². The SMILES string of the molecule is CN1CCN(C(=O)c2ccc(-c3cccc4nc(NC(=O)C5CC5)nn34)cc2)CC1. The van der Waals surface area contributed by atoms with E-state index in [1.165, 1.54) is 0 Å². The van der Waals surface area contributed by atoms with Gasteiger partial charge in [-0.1, -0.05) is 18.2 Å². The molecule has 1 aromatic carbocycles. The van der Waals surface area contributed by atoms with Gasteiger partial charge in [0.25, 0.3) is 5.91 Å². The molecule has 154 valence electrons. The normalized spacial score (nSPS) is 17.3. The average Bonchev–Trinajstić information content (AvgIpc) is 3.54. The summed E-state index contributed by atoms with van der Waals surface area (Å²) in [5.74, 6) is 0.473. The fraction of sp³-hybridized carbons (Fsp3) is 0.364. The number of anilines is 1. The van der Waals surface area contributed by atoms with Gasteiger partial charge in [0.1, 0.15) is 0 Å². The van der Waals surface area contributed by atoms with Gasteiger partial charge in [0.05, 0.1) is 5.69 Å². The van der Waals surface area contributed by atoms with Crippen molar-refractivity contribution in [3.8, 4) is 11.3 Å². The number of rotatable bonds is 4. The molecule has 2 aromatic heterocycles. The van der Waals surface area contributed by atoms with Gasteiger partial charge in [-0.05, 0) is 44.2 Å². The molecule has 8 heteroatoms. The number of amides is 2. The first-order valence-electron chi connectivity index (χ1n) is 10.3. The Kier molecular flexibility index (Phi) is 4.71. The van der Waals surface area contributed by atoms with E-state index in [1.54, 1.807) is 4.52 Å². The van der Waals surface area contributed by atoms with E-state index in [4.69, 9.17) is 0 Å². The van der Waals surface area contributed by atoms with Gasteiger partial charge in [0.15, 0.2) is 5.65 Å². The highest BCUT2D eigenvalue weighted by Crippen LogP contribution is 2.30. The molecule has 2 aliphatic rings. The smallest absolute Gasteiger partial charge is 0.253 e. The summed E-state index contributed by atoms with van der Waals surface area (Å²) in [5.41, 5.74) is 3.13. The summed E-state index contributed by atoms with van der Waals surface area (Å²) in [7, 11) is 2.07. The van der Waals surface area contributed by atoms with Crippen molar-refractivity contribution in [1.82, 2.24) is 24.4 Å². The highest BCUT2D eigenvalue weighted by atomic mass is 16.2. The lowest BCUT2D eigenvalue weighted by Gasteiger charge is -2.32. The van der Waals surface area contributed by atoms with Crippen LogP contribution in [0.15, 0.2) is 42.5 Å². The van der Waals surface area contributed by atoms with Crippen molar-refractivity contribution in [2.24, 2.45) is 5.92 Å². The van der Waals surface area contributed by atoms with E-state index in [9.17, 15) is 9.59 Å². The molecule has 0 spiro atoms. The monoisotopic (exact) mass is 404 g/mol. The highest BCUT2D eigenvalue weighted by molar-refractivity contribution is 5.95. The number of carbonyl (C=O) groups excluding carboxylic acids is 2. The molecule has 1 aliphatic carbocycles. The third-order valence-corrected chi connectivity index (χ3v) is 5.76. The van der Waals surface area contributed by atoms with E-state index in [-0.39, 0.29) is 17.7 Å². The van der Waals surface area contributed by atoms with Crippen LogP contribution in [0.1, 0.15) is 23.2 Å². The molecule has 1 aliphatic heterocycles. The maximum absolute atomic E-state index is 12.8. The minimum atomic E-state index is -0.0146. The van der Waals surface area contributed by atoms with E-state index in [2.05, 4.69) is 27.3 Å². The minimum absolute atomic E-state index is 0.0146. The molecular weight excluding hydrogens is 380 g/mol. The van der Waals surface area contributed by atoms with Crippen molar-refractivity contribution in [2.75, 3.05) is 38.5 Å². The van der Waals surface area contributed by atoms with Crippen LogP contribution < -0.4 is 5.32 Å². The van der Waals surface area contributed by atoms with E-state index < -0.39 is 0 Å². The molecule has 1 N–H and O–H groups in total. The maximum atomic E-state index is 12.8. The van der Waals surface area contributed by atoms with Crippen LogP contribution in [0.5, 0.6) is 0 Å². The van der Waals surface area contributed by atoms with Gasteiger partial charge in [0, 0.05) is 43.2 Å². The fourth-order valence-electron chi connectivity index (χ4n) is 3.71. The highest BCUT2D eigenvalue weighted by Gasteiger charge is 2.30. The Balaban J connectivity index is 1.37. The third kappa shape index (κ3) is 3.66. The molecule has 1 saturated heterocycles. The molecule has 2 fully saturated rings. The van der Waals surface area contributed by atoms with Crippen LogP contribution >= 0.6 is 0 Å². The lowest BCUT2D eigenvalue weighted by molar-refractivity contribution is -0.117. The lowest BCUT2D eigenvalue weighted by atomic mass is 10.1. The standard InChI is InChI=1S/C22H24N6O2/c1-26-11-13-27(14-12-26)21(30)17-9-5-15(6-10-17)18-3-2-4-19-23-22(25-28(18)19)24-20(29)16-7-8-16/h2-6,9-10,16H,7-8,11-14H2,1H3,(H,24,25,29). The van der Waals surface area contributed by atoms with Crippen molar-refractivity contribution in [1.29, 1.82) is 0 Å². The van der Waals surface area contributed by atoms with E-state index >= 15 is 0 Å². The zero-order chi connectivity index (χ0) is 20.7. The molecule has 0 atom stereocenters. The molecule has 0 bridgehead atoms. The summed E-state index contributed by atoms with van der Waals surface area (Å²) in [6, 6.07) is 13.3. The van der Waals surface area contributed by atoms with Crippen LogP contribution in [0.4, 0.5) is 5.95 Å². The topological polar surface area (TPSA) is 82.8 Å². The Morgan fingerprint density at radius 2 is 1.73 bits per heavy atom. The van der Waals surface area contributed by atoms with Gasteiger partial charge < -0.3 is 9.80 Å². The zero-order valence-corrected chi connectivity index (χ0v) is 16.9. The van der Waals surface area contributed by atoms with Crippen LogP contribution in [-0.4, -0.2) is 69.4 Å². The maximum Gasteiger partial charge on any atom is 0.253 e. The number of likely N-dealkylation sites (N-methyl/N-ethyl adjacent to an activating group) is 1. The number of nitrogens with zero attached hydrogens (tertiary/aromatic N) is 5. The Morgan fingerprint density at radius 1 is 1.00 bits per heavy atom. The number of hydrogen-bond acceptors (Lipinski definition) is 5. The number of fused-ring (bicyclic) bond motifs is 1. The predicted molar refractivity (Wildman–Crippen MR) is 113 cm³/mol. The Hall–Kier alpha value is -3.26. The first-order valence-corrected chi connectivity index (χ1v) is 10.3. The number of benzene rings is 1. The largest absolute Gasteiger partial charge is 0.336 e. The Bertz CT molecular complexity index is 1090. The van der Waals surface area contributed by atoms with Crippen molar-refractivity contribution in [2.45, 2.75) is 12.8 Å². The van der Waals surface area contributed by atoms with Gasteiger partial charge >= 0.3 is 0 Å². The molecule has 3 aromatic rings. The summed E-state index contributed by atoms with van der Waals surface area (Å²) in [6.45, 7) is 3.31. The van der Waals surface area contributed by atoms with Crippen molar-refractivity contribution in [3.63, 3.8) is 0 Å². The predicted octanol–water partition coefficient (Wildman–Crippen LogP) is 2.13. The van der Waals surface area contributed by atoms with Gasteiger partial charge in [0.2, 0.25) is 11.9 Å². The second kappa shape index (κ2) is 7.53. The zero-order valence-electron chi connectivity index (χ0n) is 16.9. The van der Waals surface area contributed by atoms with Crippen molar-refractivity contribution >= 4 is 23.4 Å². The van der Waals surface area contributed by atoms with Crippen LogP contribution in [0.25, 0.3) is 16.9 Å². The summed E-state index contributed by atoms with van der Waals surface area (Å²) in [5, 5.41) is 7.27. The number of carbonyl (C=O) groups is 2. The first kappa shape index (κ1) is 18.7. The van der Waals surface area contributed by atoms with Crippen LogP contribution in [0.3, 0.4) is 0 Å². The molecule has 3 heterocycles. The Labute approximate surface area is 174 Å². The summed E-state index contributed by atoms with van der Waals surface area (Å²) >= 11 is 0. The van der Waals surface area contributed by atoms with Crippen molar-refractivity contribution < 1.29 is 9.59 Å². The van der Waals surface area contributed by atoms with Crippen molar-refractivity contribution in [3.05, 3.63) is 48.0 Å². The fourth-order valence-corrected chi connectivity index (χ4v) is 3.71. The van der Waals surface area contributed by atoms with E-state index in [0.29, 0.717) is 17.2 Å². The Morgan fingerprint density at radius 3 is 2.43 bits per heavy atom. The second-order valence-corrected chi connectivity index (χ2v) is 8.05. The molecular formula is C22H24N6O2. The third-order valence-electron chi connectivity index (χ3n) is 5.76. The van der Waals surface area contributed by atoms with Crippen LogP contribution in [0, 0.1) is 5.92 Å². The van der Waals surface area contributed by atoms with E-state index in [0.717, 1.165) is 50.3 Å². The number of piperazine rings is 1.